The molecule has 4 rings (SSSR count). The zero-order valence-electron chi connectivity index (χ0n) is 17.9. The molecule has 0 aromatic carbocycles. The quantitative estimate of drug-likeness (QED) is 0.599. The van der Waals surface area contributed by atoms with Crippen molar-refractivity contribution in [2.45, 2.75) is 50.6 Å². The van der Waals surface area contributed by atoms with Crippen molar-refractivity contribution >= 4 is 17.8 Å². The number of morpholine rings is 1. The van der Waals surface area contributed by atoms with Crippen LogP contribution in [-0.2, 0) is 19.1 Å². The molecule has 9 nitrogen and oxygen atoms in total. The summed E-state index contributed by atoms with van der Waals surface area (Å²) in [4.78, 5) is 41.5. The smallest absolute Gasteiger partial charge is 0.325 e. The Kier molecular flexibility index (Phi) is 6.60. The summed E-state index contributed by atoms with van der Waals surface area (Å²) in [6.45, 7) is 6.95. The fourth-order valence-electron chi connectivity index (χ4n) is 5.19. The van der Waals surface area contributed by atoms with Crippen LogP contribution in [0.1, 0.15) is 39.0 Å². The maximum Gasteiger partial charge on any atom is 0.325 e. The molecule has 0 radical (unpaired) electrons. The Balaban J connectivity index is 1.33. The van der Waals surface area contributed by atoms with Crippen LogP contribution < -0.4 is 10.6 Å². The Labute approximate surface area is 177 Å². The number of hydrogen-bond acceptors (Lipinski definition) is 6. The number of carbonyl (C=O) groups is 3. The van der Waals surface area contributed by atoms with E-state index in [4.69, 9.17) is 9.47 Å². The Hall–Kier alpha value is -1.71. The minimum atomic E-state index is -0.804. The molecular formula is C21H34N4O5. The second kappa shape index (κ2) is 9.20. The standard InChI is InChI=1S/C21H34N4O5/c1-15-2-5-21(6-3-15)19(27)25(20(28)23-21)13-18(26)22-12-17(16-4-9-30-14-16)24-7-10-29-11-8-24/h15-17H,2-14H2,1H3,(H,22,26)(H,23,28). The summed E-state index contributed by atoms with van der Waals surface area (Å²) in [7, 11) is 0. The molecule has 1 aliphatic carbocycles. The molecule has 2 N–H and O–H groups in total. The SMILES string of the molecule is CC1CCC2(CC1)NC(=O)N(CC(=O)NCC(C1CCOC1)N1CCOCC1)C2=O. The van der Waals surface area contributed by atoms with Gasteiger partial charge in [-0.2, -0.15) is 0 Å². The Bertz CT molecular complexity index is 652. The predicted octanol–water partition coefficient (Wildman–Crippen LogP) is 0.341. The summed E-state index contributed by atoms with van der Waals surface area (Å²) in [6.07, 6.45) is 4.11. The molecule has 0 bridgehead atoms. The van der Waals surface area contributed by atoms with E-state index in [0.717, 1.165) is 43.9 Å². The first-order chi connectivity index (χ1) is 14.5. The van der Waals surface area contributed by atoms with E-state index in [9.17, 15) is 14.4 Å². The number of nitrogens with zero attached hydrogens (tertiary/aromatic N) is 2. The lowest BCUT2D eigenvalue weighted by Gasteiger charge is -2.37. The van der Waals surface area contributed by atoms with E-state index in [1.54, 1.807) is 0 Å². The molecule has 9 heteroatoms. The number of ether oxygens (including phenoxy) is 2. The monoisotopic (exact) mass is 422 g/mol. The third-order valence-electron chi connectivity index (χ3n) is 7.21. The highest BCUT2D eigenvalue weighted by molar-refractivity contribution is 6.09. The van der Waals surface area contributed by atoms with E-state index in [0.29, 0.717) is 51.0 Å². The number of carbonyl (C=O) groups excluding carboxylic acids is 3. The first-order valence-corrected chi connectivity index (χ1v) is 11.3. The van der Waals surface area contributed by atoms with E-state index in [-0.39, 0.29) is 24.4 Å². The normalized spacial score (nSPS) is 33.7. The maximum atomic E-state index is 13.0. The van der Waals surface area contributed by atoms with Crippen LogP contribution in [0, 0.1) is 11.8 Å². The van der Waals surface area contributed by atoms with E-state index in [1.807, 2.05) is 0 Å². The number of amides is 4. The summed E-state index contributed by atoms with van der Waals surface area (Å²) in [5, 5.41) is 5.85. The van der Waals surface area contributed by atoms with Gasteiger partial charge in [0.2, 0.25) is 5.91 Å². The molecule has 2 unspecified atom stereocenters. The van der Waals surface area contributed by atoms with Gasteiger partial charge in [0.05, 0.1) is 19.8 Å². The average molecular weight is 423 g/mol. The number of hydrogen-bond donors (Lipinski definition) is 2. The van der Waals surface area contributed by atoms with Crippen molar-refractivity contribution < 1.29 is 23.9 Å². The van der Waals surface area contributed by atoms with Gasteiger partial charge in [-0.05, 0) is 38.0 Å². The van der Waals surface area contributed by atoms with E-state index in [2.05, 4.69) is 22.5 Å². The van der Waals surface area contributed by atoms with Gasteiger partial charge >= 0.3 is 6.03 Å². The first kappa shape index (κ1) is 21.5. The highest BCUT2D eigenvalue weighted by Crippen LogP contribution is 2.36. The molecule has 1 spiro atoms. The van der Waals surface area contributed by atoms with Crippen molar-refractivity contribution in [1.82, 2.24) is 20.4 Å². The number of imide groups is 1. The molecule has 168 valence electrons. The molecule has 3 heterocycles. The van der Waals surface area contributed by atoms with Crippen molar-refractivity contribution in [3.63, 3.8) is 0 Å². The third-order valence-corrected chi connectivity index (χ3v) is 7.21. The van der Waals surface area contributed by atoms with Crippen molar-refractivity contribution in [3.8, 4) is 0 Å². The number of rotatable bonds is 6. The van der Waals surface area contributed by atoms with Crippen LogP contribution in [0.4, 0.5) is 4.79 Å². The lowest BCUT2D eigenvalue weighted by atomic mass is 9.77. The van der Waals surface area contributed by atoms with Gasteiger partial charge in [0, 0.05) is 38.2 Å². The van der Waals surface area contributed by atoms with Crippen LogP contribution in [0.5, 0.6) is 0 Å². The zero-order chi connectivity index (χ0) is 21.1. The minimum Gasteiger partial charge on any atom is -0.381 e. The van der Waals surface area contributed by atoms with Crippen molar-refractivity contribution in [3.05, 3.63) is 0 Å². The van der Waals surface area contributed by atoms with Crippen molar-refractivity contribution in [2.75, 3.05) is 52.6 Å². The number of nitrogens with one attached hydrogen (secondary N) is 2. The number of urea groups is 1. The van der Waals surface area contributed by atoms with Gasteiger partial charge in [-0.15, -0.1) is 0 Å². The molecule has 0 aromatic heterocycles. The molecule has 3 saturated heterocycles. The molecule has 4 amide bonds. The van der Waals surface area contributed by atoms with E-state index >= 15 is 0 Å². The van der Waals surface area contributed by atoms with Crippen LogP contribution in [0.2, 0.25) is 0 Å². The second-order valence-electron chi connectivity index (χ2n) is 9.23. The highest BCUT2D eigenvalue weighted by atomic mass is 16.5. The average Bonchev–Trinajstić information content (AvgIpc) is 3.35. The molecule has 3 aliphatic heterocycles. The zero-order valence-corrected chi connectivity index (χ0v) is 17.9. The Morgan fingerprint density at radius 2 is 1.90 bits per heavy atom. The maximum absolute atomic E-state index is 13.0. The minimum absolute atomic E-state index is 0.176. The van der Waals surface area contributed by atoms with Gasteiger partial charge in [0.25, 0.3) is 5.91 Å². The van der Waals surface area contributed by atoms with Crippen LogP contribution >= 0.6 is 0 Å². The molecule has 4 aliphatic rings. The fourth-order valence-corrected chi connectivity index (χ4v) is 5.19. The lowest BCUT2D eigenvalue weighted by Crippen LogP contribution is -2.53. The van der Waals surface area contributed by atoms with Gasteiger partial charge in [-0.3, -0.25) is 19.4 Å². The Morgan fingerprint density at radius 1 is 1.17 bits per heavy atom. The molecule has 1 saturated carbocycles. The predicted molar refractivity (Wildman–Crippen MR) is 109 cm³/mol. The van der Waals surface area contributed by atoms with Crippen LogP contribution in [-0.4, -0.2) is 91.8 Å². The molecule has 2 atom stereocenters. The van der Waals surface area contributed by atoms with E-state index in [1.165, 1.54) is 0 Å². The first-order valence-electron chi connectivity index (χ1n) is 11.3. The molecule has 0 aromatic rings. The highest BCUT2D eigenvalue weighted by Gasteiger charge is 2.52. The summed E-state index contributed by atoms with van der Waals surface area (Å²) in [6, 6.07) is -0.270. The van der Waals surface area contributed by atoms with E-state index < -0.39 is 11.6 Å². The van der Waals surface area contributed by atoms with Crippen LogP contribution in [0.3, 0.4) is 0 Å². The van der Waals surface area contributed by atoms with Gasteiger partial charge in [0.15, 0.2) is 0 Å². The third kappa shape index (κ3) is 4.48. The summed E-state index contributed by atoms with van der Waals surface area (Å²) in [5.74, 6) is 0.391. The lowest BCUT2D eigenvalue weighted by molar-refractivity contribution is -0.136. The van der Waals surface area contributed by atoms with Crippen LogP contribution in [0.25, 0.3) is 0 Å². The van der Waals surface area contributed by atoms with Crippen LogP contribution in [0.15, 0.2) is 0 Å². The molecular weight excluding hydrogens is 388 g/mol. The molecule has 30 heavy (non-hydrogen) atoms. The van der Waals surface area contributed by atoms with Gasteiger partial charge in [-0.1, -0.05) is 6.92 Å². The van der Waals surface area contributed by atoms with Crippen molar-refractivity contribution in [2.24, 2.45) is 11.8 Å². The fraction of sp³-hybridized carbons (Fsp3) is 0.857. The summed E-state index contributed by atoms with van der Waals surface area (Å²) < 4.78 is 11.0. The van der Waals surface area contributed by atoms with Gasteiger partial charge in [0.1, 0.15) is 12.1 Å². The van der Waals surface area contributed by atoms with Gasteiger partial charge in [-0.25, -0.2) is 4.79 Å². The second-order valence-corrected chi connectivity index (χ2v) is 9.23. The molecule has 4 fully saturated rings. The van der Waals surface area contributed by atoms with Crippen molar-refractivity contribution in [1.29, 1.82) is 0 Å². The summed E-state index contributed by atoms with van der Waals surface area (Å²) in [5.41, 5.74) is -0.804. The topological polar surface area (TPSA) is 100 Å². The van der Waals surface area contributed by atoms with Gasteiger partial charge < -0.3 is 20.1 Å². The largest absolute Gasteiger partial charge is 0.381 e. The summed E-state index contributed by atoms with van der Waals surface area (Å²) >= 11 is 0. The Morgan fingerprint density at radius 3 is 2.57 bits per heavy atom.